The molecule has 1 aromatic heterocycles. The summed E-state index contributed by atoms with van der Waals surface area (Å²) in [6.07, 6.45) is 0.580. The Bertz CT molecular complexity index is 708. The molecule has 1 amide bonds. The molecule has 3 N–H and O–H groups in total. The van der Waals surface area contributed by atoms with Crippen LogP contribution in [0, 0.1) is 5.82 Å². The normalized spacial score (nSPS) is 21.3. The lowest BCUT2D eigenvalue weighted by Gasteiger charge is -2.15. The molecule has 0 spiro atoms. The minimum absolute atomic E-state index is 0.0989. The van der Waals surface area contributed by atoms with Crippen molar-refractivity contribution in [2.45, 2.75) is 12.1 Å². The van der Waals surface area contributed by atoms with Gasteiger partial charge in [0.15, 0.2) is 0 Å². The summed E-state index contributed by atoms with van der Waals surface area (Å²) >= 11 is 0. The van der Waals surface area contributed by atoms with Crippen LogP contribution in [-0.4, -0.2) is 51.5 Å². The third kappa shape index (κ3) is 3.53. The van der Waals surface area contributed by atoms with Gasteiger partial charge in [-0.3, -0.25) is 9.78 Å². The number of hydrogen-bond donors (Lipinski definition) is 3. The fourth-order valence-electron chi connectivity index (χ4n) is 2.51. The highest BCUT2D eigenvalue weighted by atomic mass is 19.1. The standard InChI is InChI=1S/C16H16FN3O3/c17-12-3-1-2-10(6-12)13-5-4-11(7-18-13)16(22)19-14-8-20(23)9-15(14)21/h1-7,14-15,21,23H,8-9H2,(H,19,22). The summed E-state index contributed by atoms with van der Waals surface area (Å²) < 4.78 is 13.2. The number of β-amino-alcohol motifs (C(OH)–C–C–N with tert-alkyl or cyclic N) is 1. The number of halogens is 1. The molecule has 0 saturated carbocycles. The molecule has 2 aromatic rings. The molecule has 0 bridgehead atoms. The average molecular weight is 317 g/mol. The van der Waals surface area contributed by atoms with Crippen molar-refractivity contribution in [3.63, 3.8) is 0 Å². The fourth-order valence-corrected chi connectivity index (χ4v) is 2.51. The zero-order valence-electron chi connectivity index (χ0n) is 12.2. The van der Waals surface area contributed by atoms with E-state index in [2.05, 4.69) is 10.3 Å². The van der Waals surface area contributed by atoms with Crippen LogP contribution in [0.5, 0.6) is 0 Å². The van der Waals surface area contributed by atoms with Gasteiger partial charge in [-0.1, -0.05) is 12.1 Å². The van der Waals surface area contributed by atoms with Crippen LogP contribution in [0.25, 0.3) is 11.3 Å². The van der Waals surface area contributed by atoms with E-state index in [1.807, 2.05) is 0 Å². The van der Waals surface area contributed by atoms with Gasteiger partial charge in [-0.15, -0.1) is 0 Å². The largest absolute Gasteiger partial charge is 0.389 e. The summed E-state index contributed by atoms with van der Waals surface area (Å²) in [6.45, 7) is 0.267. The van der Waals surface area contributed by atoms with Crippen molar-refractivity contribution in [1.29, 1.82) is 0 Å². The molecule has 3 rings (SSSR count). The Balaban J connectivity index is 1.71. The zero-order chi connectivity index (χ0) is 16.4. The van der Waals surface area contributed by atoms with E-state index < -0.39 is 12.1 Å². The summed E-state index contributed by atoms with van der Waals surface area (Å²) in [4.78, 5) is 16.3. The number of carbonyl (C=O) groups excluding carboxylic acids is 1. The highest BCUT2D eigenvalue weighted by Crippen LogP contribution is 2.18. The summed E-state index contributed by atoms with van der Waals surface area (Å²) in [5, 5.41) is 22.6. The second-order valence-corrected chi connectivity index (χ2v) is 5.46. The molecule has 1 saturated heterocycles. The third-order valence-corrected chi connectivity index (χ3v) is 3.73. The van der Waals surface area contributed by atoms with Gasteiger partial charge in [0.1, 0.15) is 5.82 Å². The number of hydroxylamine groups is 2. The lowest BCUT2D eigenvalue weighted by Crippen LogP contribution is -2.42. The number of pyridine rings is 1. The number of nitrogens with one attached hydrogen (secondary N) is 1. The van der Waals surface area contributed by atoms with Gasteiger partial charge in [0.05, 0.1) is 29.9 Å². The topological polar surface area (TPSA) is 85.7 Å². The Hall–Kier alpha value is -2.35. The van der Waals surface area contributed by atoms with Crippen LogP contribution in [0.4, 0.5) is 4.39 Å². The van der Waals surface area contributed by atoms with E-state index in [4.69, 9.17) is 0 Å². The summed E-state index contributed by atoms with van der Waals surface area (Å²) in [7, 11) is 0. The monoisotopic (exact) mass is 317 g/mol. The predicted molar refractivity (Wildman–Crippen MR) is 80.3 cm³/mol. The summed E-state index contributed by atoms with van der Waals surface area (Å²) in [6, 6.07) is 8.73. The van der Waals surface area contributed by atoms with Crippen molar-refractivity contribution in [3.8, 4) is 11.3 Å². The molecule has 1 fully saturated rings. The Morgan fingerprint density at radius 3 is 2.74 bits per heavy atom. The number of hydrogen-bond acceptors (Lipinski definition) is 5. The summed E-state index contributed by atoms with van der Waals surface area (Å²) in [5.74, 6) is -0.738. The van der Waals surface area contributed by atoms with Crippen LogP contribution in [0.15, 0.2) is 42.6 Å². The molecule has 1 aromatic carbocycles. The number of carbonyl (C=O) groups is 1. The maximum Gasteiger partial charge on any atom is 0.253 e. The lowest BCUT2D eigenvalue weighted by atomic mass is 10.1. The maximum absolute atomic E-state index is 13.2. The van der Waals surface area contributed by atoms with Gasteiger partial charge in [-0.25, -0.2) is 4.39 Å². The number of nitrogens with zero attached hydrogens (tertiary/aromatic N) is 2. The lowest BCUT2D eigenvalue weighted by molar-refractivity contribution is -0.0763. The molecule has 2 atom stereocenters. The number of rotatable bonds is 3. The Morgan fingerprint density at radius 2 is 2.13 bits per heavy atom. The first-order valence-corrected chi connectivity index (χ1v) is 7.17. The molecule has 23 heavy (non-hydrogen) atoms. The van der Waals surface area contributed by atoms with E-state index in [-0.39, 0.29) is 24.8 Å². The van der Waals surface area contributed by atoms with Gasteiger partial charge in [-0.05, 0) is 24.3 Å². The van der Waals surface area contributed by atoms with Crippen LogP contribution in [0.3, 0.4) is 0 Å². The molecule has 0 aliphatic carbocycles. The van der Waals surface area contributed by atoms with Crippen molar-refractivity contribution < 1.29 is 19.5 Å². The van der Waals surface area contributed by atoms with Crippen LogP contribution < -0.4 is 5.32 Å². The van der Waals surface area contributed by atoms with Crippen LogP contribution in [-0.2, 0) is 0 Å². The van der Waals surface area contributed by atoms with E-state index in [0.717, 1.165) is 5.06 Å². The highest BCUT2D eigenvalue weighted by Gasteiger charge is 2.31. The van der Waals surface area contributed by atoms with Gasteiger partial charge < -0.3 is 15.6 Å². The molecule has 1 aliphatic heterocycles. The fraction of sp³-hybridized carbons (Fsp3) is 0.250. The minimum Gasteiger partial charge on any atom is -0.389 e. The highest BCUT2D eigenvalue weighted by molar-refractivity contribution is 5.94. The SMILES string of the molecule is O=C(NC1CN(O)CC1O)c1ccc(-c2cccc(F)c2)nc1. The van der Waals surface area contributed by atoms with Gasteiger partial charge >= 0.3 is 0 Å². The van der Waals surface area contributed by atoms with Crippen molar-refractivity contribution in [2.24, 2.45) is 0 Å². The molecule has 7 heteroatoms. The number of aliphatic hydroxyl groups is 1. The van der Waals surface area contributed by atoms with E-state index in [9.17, 15) is 19.5 Å². The minimum atomic E-state index is -0.816. The molecular weight excluding hydrogens is 301 g/mol. The molecule has 120 valence electrons. The van der Waals surface area contributed by atoms with E-state index >= 15 is 0 Å². The number of amides is 1. The number of aromatic nitrogens is 1. The van der Waals surface area contributed by atoms with E-state index in [1.54, 1.807) is 24.3 Å². The molecule has 6 nitrogen and oxygen atoms in total. The first kappa shape index (κ1) is 15.5. The van der Waals surface area contributed by atoms with E-state index in [1.165, 1.54) is 18.3 Å². The van der Waals surface area contributed by atoms with Gasteiger partial charge in [-0.2, -0.15) is 5.06 Å². The number of benzene rings is 1. The Morgan fingerprint density at radius 1 is 1.30 bits per heavy atom. The molecule has 2 unspecified atom stereocenters. The van der Waals surface area contributed by atoms with Crippen molar-refractivity contribution in [2.75, 3.05) is 13.1 Å². The second-order valence-electron chi connectivity index (χ2n) is 5.46. The molecule has 1 aliphatic rings. The Labute approximate surface area is 132 Å². The number of aliphatic hydroxyl groups excluding tert-OH is 1. The molecular formula is C16H16FN3O3. The average Bonchev–Trinajstić information content (AvgIpc) is 2.85. The van der Waals surface area contributed by atoms with Crippen molar-refractivity contribution in [1.82, 2.24) is 15.4 Å². The van der Waals surface area contributed by atoms with Crippen LogP contribution in [0.1, 0.15) is 10.4 Å². The van der Waals surface area contributed by atoms with E-state index in [0.29, 0.717) is 16.8 Å². The van der Waals surface area contributed by atoms with Gasteiger partial charge in [0, 0.05) is 18.3 Å². The maximum atomic E-state index is 13.2. The first-order valence-electron chi connectivity index (χ1n) is 7.17. The van der Waals surface area contributed by atoms with Gasteiger partial charge in [0.2, 0.25) is 0 Å². The second kappa shape index (κ2) is 6.41. The zero-order valence-corrected chi connectivity index (χ0v) is 12.2. The van der Waals surface area contributed by atoms with Crippen LogP contribution >= 0.6 is 0 Å². The molecule has 2 heterocycles. The van der Waals surface area contributed by atoms with Crippen LogP contribution in [0.2, 0.25) is 0 Å². The third-order valence-electron chi connectivity index (χ3n) is 3.73. The Kier molecular flexibility index (Phi) is 4.33. The molecule has 0 radical (unpaired) electrons. The van der Waals surface area contributed by atoms with Gasteiger partial charge in [0.25, 0.3) is 5.91 Å². The predicted octanol–water partition coefficient (Wildman–Crippen LogP) is 1.05. The van der Waals surface area contributed by atoms with Crippen molar-refractivity contribution in [3.05, 3.63) is 54.0 Å². The quantitative estimate of drug-likeness (QED) is 0.788. The first-order chi connectivity index (χ1) is 11.0. The smallest absolute Gasteiger partial charge is 0.253 e. The van der Waals surface area contributed by atoms with Crippen molar-refractivity contribution >= 4 is 5.91 Å². The summed E-state index contributed by atoms with van der Waals surface area (Å²) in [5.41, 5.74) is 1.51.